The van der Waals surface area contributed by atoms with E-state index in [-0.39, 0.29) is 17.1 Å². The summed E-state index contributed by atoms with van der Waals surface area (Å²) in [5.41, 5.74) is -0.333. The van der Waals surface area contributed by atoms with Gasteiger partial charge in [0, 0.05) is 0 Å². The van der Waals surface area contributed by atoms with Crippen molar-refractivity contribution in [2.75, 3.05) is 12.4 Å². The highest BCUT2D eigenvalue weighted by atomic mass is 32.1. The summed E-state index contributed by atoms with van der Waals surface area (Å²) < 4.78 is 15.5. The standard InChI is InChI=1S/C20H22N4O5S/c1-6-16-23-24-18(30-16)22-17(25)13(11-21)9-12-7-8-14(15(10-12)27-5)28-19(26)29-20(2,3)4/h7-10H,6H2,1-5H3,(H,22,24,25). The molecule has 0 atom stereocenters. The predicted octanol–water partition coefficient (Wildman–Crippen LogP) is 3.97. The first-order chi connectivity index (χ1) is 14.1. The van der Waals surface area contributed by atoms with E-state index in [4.69, 9.17) is 14.2 Å². The minimum Gasteiger partial charge on any atom is -0.493 e. The summed E-state index contributed by atoms with van der Waals surface area (Å²) in [7, 11) is 1.41. The number of aromatic nitrogens is 2. The minimum atomic E-state index is -0.871. The zero-order chi connectivity index (χ0) is 22.3. The Balaban J connectivity index is 2.18. The molecular weight excluding hydrogens is 408 g/mol. The lowest BCUT2D eigenvalue weighted by Gasteiger charge is -2.19. The fourth-order valence-corrected chi connectivity index (χ4v) is 2.82. The summed E-state index contributed by atoms with van der Waals surface area (Å²) in [6.45, 7) is 7.09. The first kappa shape index (κ1) is 22.8. The second kappa shape index (κ2) is 9.84. The average molecular weight is 430 g/mol. The molecule has 1 N–H and O–H groups in total. The van der Waals surface area contributed by atoms with E-state index in [1.54, 1.807) is 26.8 Å². The highest BCUT2D eigenvalue weighted by molar-refractivity contribution is 7.15. The number of rotatable bonds is 6. The van der Waals surface area contributed by atoms with Gasteiger partial charge in [0.2, 0.25) is 5.13 Å². The molecule has 2 rings (SSSR count). The third-order valence-electron chi connectivity index (χ3n) is 3.44. The van der Waals surface area contributed by atoms with E-state index < -0.39 is 17.7 Å². The number of nitrogens with zero attached hydrogens (tertiary/aromatic N) is 3. The number of benzene rings is 1. The van der Waals surface area contributed by atoms with E-state index in [9.17, 15) is 14.9 Å². The van der Waals surface area contributed by atoms with Gasteiger partial charge in [0.05, 0.1) is 7.11 Å². The van der Waals surface area contributed by atoms with E-state index in [0.717, 1.165) is 5.01 Å². The molecule has 0 saturated heterocycles. The lowest BCUT2D eigenvalue weighted by molar-refractivity contribution is -0.112. The number of hydrogen-bond acceptors (Lipinski definition) is 9. The molecule has 0 saturated carbocycles. The maximum Gasteiger partial charge on any atom is 0.514 e. The van der Waals surface area contributed by atoms with Crippen molar-refractivity contribution >= 4 is 34.6 Å². The zero-order valence-corrected chi connectivity index (χ0v) is 18.1. The zero-order valence-electron chi connectivity index (χ0n) is 17.3. The first-order valence-corrected chi connectivity index (χ1v) is 9.81. The Labute approximate surface area is 178 Å². The molecule has 1 amide bonds. The summed E-state index contributed by atoms with van der Waals surface area (Å²) in [5.74, 6) is -0.221. The number of ether oxygens (including phenoxy) is 3. The van der Waals surface area contributed by atoms with Gasteiger partial charge >= 0.3 is 6.16 Å². The number of carbonyl (C=O) groups is 2. The van der Waals surface area contributed by atoms with Crippen molar-refractivity contribution in [2.45, 2.75) is 39.7 Å². The fourth-order valence-electron chi connectivity index (χ4n) is 2.15. The number of methoxy groups -OCH3 is 1. The van der Waals surface area contributed by atoms with Crippen molar-refractivity contribution in [3.8, 4) is 17.6 Å². The van der Waals surface area contributed by atoms with E-state index in [0.29, 0.717) is 17.1 Å². The highest BCUT2D eigenvalue weighted by Crippen LogP contribution is 2.30. The molecule has 0 radical (unpaired) electrons. The quantitative estimate of drug-likeness (QED) is 0.316. The van der Waals surface area contributed by atoms with Crippen molar-refractivity contribution in [2.24, 2.45) is 0 Å². The van der Waals surface area contributed by atoms with Crippen LogP contribution in [0.4, 0.5) is 9.93 Å². The molecule has 0 spiro atoms. The summed E-state index contributed by atoms with van der Waals surface area (Å²) >= 11 is 1.24. The molecule has 0 aliphatic carbocycles. The summed E-state index contributed by atoms with van der Waals surface area (Å²) in [6, 6.07) is 6.46. The highest BCUT2D eigenvalue weighted by Gasteiger charge is 2.20. The van der Waals surface area contributed by atoms with Crippen LogP contribution in [-0.2, 0) is 16.0 Å². The second-order valence-corrected chi connectivity index (χ2v) is 8.02. The Morgan fingerprint density at radius 2 is 2.00 bits per heavy atom. The van der Waals surface area contributed by atoms with Crippen LogP contribution in [-0.4, -0.2) is 35.0 Å². The molecule has 0 aliphatic heterocycles. The SMILES string of the molecule is CCc1nnc(NC(=O)C(C#N)=Cc2ccc(OC(=O)OC(C)(C)C)c(OC)c2)s1. The van der Waals surface area contributed by atoms with Gasteiger partial charge in [0.25, 0.3) is 5.91 Å². The van der Waals surface area contributed by atoms with Crippen LogP contribution in [0.25, 0.3) is 6.08 Å². The van der Waals surface area contributed by atoms with Crippen molar-refractivity contribution in [1.82, 2.24) is 10.2 Å². The second-order valence-electron chi connectivity index (χ2n) is 6.96. The molecule has 2 aromatic rings. The van der Waals surface area contributed by atoms with Gasteiger partial charge in [0.1, 0.15) is 22.3 Å². The number of hydrogen-bond donors (Lipinski definition) is 1. The molecule has 0 aliphatic rings. The molecular formula is C20H22N4O5S. The Morgan fingerprint density at radius 1 is 1.27 bits per heavy atom. The van der Waals surface area contributed by atoms with Crippen molar-refractivity contribution in [3.05, 3.63) is 34.3 Å². The lowest BCUT2D eigenvalue weighted by atomic mass is 10.1. The maximum absolute atomic E-state index is 12.4. The van der Waals surface area contributed by atoms with Crippen molar-refractivity contribution in [3.63, 3.8) is 0 Å². The lowest BCUT2D eigenvalue weighted by Crippen LogP contribution is -2.26. The molecule has 0 fully saturated rings. The van der Waals surface area contributed by atoms with E-state index in [1.165, 1.54) is 36.7 Å². The first-order valence-electron chi connectivity index (χ1n) is 8.99. The van der Waals surface area contributed by atoms with Gasteiger partial charge in [-0.2, -0.15) is 5.26 Å². The molecule has 1 aromatic carbocycles. The van der Waals surface area contributed by atoms with E-state index >= 15 is 0 Å². The van der Waals surface area contributed by atoms with Crippen LogP contribution >= 0.6 is 11.3 Å². The molecule has 1 aromatic heterocycles. The van der Waals surface area contributed by atoms with Crippen molar-refractivity contribution < 1.29 is 23.8 Å². The molecule has 0 unspecified atom stereocenters. The van der Waals surface area contributed by atoms with Gasteiger partial charge in [-0.1, -0.05) is 24.3 Å². The minimum absolute atomic E-state index is 0.133. The smallest absolute Gasteiger partial charge is 0.493 e. The van der Waals surface area contributed by atoms with Crippen LogP contribution < -0.4 is 14.8 Å². The van der Waals surface area contributed by atoms with Gasteiger partial charge in [-0.3, -0.25) is 10.1 Å². The largest absolute Gasteiger partial charge is 0.514 e. The van der Waals surface area contributed by atoms with Gasteiger partial charge < -0.3 is 14.2 Å². The average Bonchev–Trinajstić information content (AvgIpc) is 3.12. The van der Waals surface area contributed by atoms with Crippen LogP contribution in [0.15, 0.2) is 23.8 Å². The summed E-state index contributed by atoms with van der Waals surface area (Å²) in [4.78, 5) is 24.2. The van der Waals surface area contributed by atoms with Crippen LogP contribution in [0.2, 0.25) is 0 Å². The number of nitriles is 1. The normalized spacial score (nSPS) is 11.4. The topological polar surface area (TPSA) is 123 Å². The molecule has 1 heterocycles. The molecule has 30 heavy (non-hydrogen) atoms. The third-order valence-corrected chi connectivity index (χ3v) is 4.42. The molecule has 158 valence electrons. The van der Waals surface area contributed by atoms with Gasteiger partial charge in [-0.05, 0) is 51.0 Å². The monoisotopic (exact) mass is 430 g/mol. The van der Waals surface area contributed by atoms with Crippen LogP contribution in [0.5, 0.6) is 11.5 Å². The molecule has 9 nitrogen and oxygen atoms in total. The number of aryl methyl sites for hydroxylation is 1. The number of amides is 1. The van der Waals surface area contributed by atoms with E-state index in [2.05, 4.69) is 15.5 Å². The number of carbonyl (C=O) groups excluding carboxylic acids is 2. The maximum atomic E-state index is 12.4. The van der Waals surface area contributed by atoms with Gasteiger partial charge in [-0.25, -0.2) is 4.79 Å². The summed E-state index contributed by atoms with van der Waals surface area (Å²) in [5, 5.41) is 20.8. The number of nitrogens with one attached hydrogen (secondary N) is 1. The van der Waals surface area contributed by atoms with Crippen molar-refractivity contribution in [1.29, 1.82) is 5.26 Å². The number of anilines is 1. The van der Waals surface area contributed by atoms with Gasteiger partial charge in [-0.15, -0.1) is 10.2 Å². The van der Waals surface area contributed by atoms with Crippen LogP contribution in [0.1, 0.15) is 38.3 Å². The van der Waals surface area contributed by atoms with Crippen LogP contribution in [0, 0.1) is 11.3 Å². The molecule has 10 heteroatoms. The van der Waals surface area contributed by atoms with Crippen LogP contribution in [0.3, 0.4) is 0 Å². The van der Waals surface area contributed by atoms with Gasteiger partial charge in [0.15, 0.2) is 11.5 Å². The Morgan fingerprint density at radius 3 is 2.57 bits per heavy atom. The Bertz CT molecular complexity index is 1000. The predicted molar refractivity (Wildman–Crippen MR) is 111 cm³/mol. The Hall–Kier alpha value is -3.45. The Kier molecular flexibility index (Phi) is 7.49. The van der Waals surface area contributed by atoms with E-state index in [1.807, 2.05) is 13.0 Å². The fraction of sp³-hybridized carbons (Fsp3) is 0.350. The molecule has 0 bridgehead atoms. The third kappa shape index (κ3) is 6.56. The summed E-state index contributed by atoms with van der Waals surface area (Å²) in [6.07, 6.45) is 1.22.